The number of ether oxygens (including phenoxy) is 3. The molecule has 0 unspecified atom stereocenters. The van der Waals surface area contributed by atoms with E-state index in [-0.39, 0.29) is 24.4 Å². The summed E-state index contributed by atoms with van der Waals surface area (Å²) in [5.74, 6) is -0.823. The molecule has 0 radical (unpaired) electrons. The normalized spacial score (nSPS) is 20.7. The van der Waals surface area contributed by atoms with Gasteiger partial charge in [-0.15, -0.1) is 5.76 Å². The SMILES string of the molecule is CC(C)(C)OC(=O)/C=C(\[O-])CC[C@@H]1O[C@H]1COCc1ccccc1. The largest absolute Gasteiger partial charge is 0.875 e. The summed E-state index contributed by atoms with van der Waals surface area (Å²) in [6, 6.07) is 9.94. The van der Waals surface area contributed by atoms with Gasteiger partial charge in [-0.05, 0) is 39.2 Å². The van der Waals surface area contributed by atoms with Gasteiger partial charge in [0, 0.05) is 6.08 Å². The molecule has 132 valence electrons. The summed E-state index contributed by atoms with van der Waals surface area (Å²) in [7, 11) is 0. The van der Waals surface area contributed by atoms with E-state index in [1.165, 1.54) is 0 Å². The van der Waals surface area contributed by atoms with Crippen LogP contribution in [0.2, 0.25) is 0 Å². The first-order valence-electron chi connectivity index (χ1n) is 8.21. The lowest BCUT2D eigenvalue weighted by Crippen LogP contribution is -2.23. The monoisotopic (exact) mass is 333 g/mol. The van der Waals surface area contributed by atoms with Gasteiger partial charge in [-0.25, -0.2) is 4.79 Å². The van der Waals surface area contributed by atoms with Gasteiger partial charge < -0.3 is 19.3 Å². The molecular weight excluding hydrogens is 308 g/mol. The summed E-state index contributed by atoms with van der Waals surface area (Å²) < 4.78 is 16.2. The summed E-state index contributed by atoms with van der Waals surface area (Å²) in [5.41, 5.74) is 0.533. The van der Waals surface area contributed by atoms with E-state index in [0.717, 1.165) is 11.6 Å². The van der Waals surface area contributed by atoms with E-state index in [4.69, 9.17) is 14.2 Å². The smallest absolute Gasteiger partial charge is 0.330 e. The molecule has 5 heteroatoms. The van der Waals surface area contributed by atoms with Crippen LogP contribution < -0.4 is 5.11 Å². The van der Waals surface area contributed by atoms with Crippen molar-refractivity contribution in [2.45, 2.75) is 58.0 Å². The zero-order chi connectivity index (χ0) is 17.6. The Morgan fingerprint density at radius 1 is 1.25 bits per heavy atom. The molecule has 1 aromatic rings. The number of hydrogen-bond donors (Lipinski definition) is 0. The quantitative estimate of drug-likeness (QED) is 0.316. The van der Waals surface area contributed by atoms with Crippen molar-refractivity contribution < 1.29 is 24.1 Å². The van der Waals surface area contributed by atoms with Gasteiger partial charge in [0.15, 0.2) is 0 Å². The molecule has 2 rings (SSSR count). The van der Waals surface area contributed by atoms with Crippen LogP contribution in [0.25, 0.3) is 0 Å². The molecule has 1 saturated heterocycles. The third kappa shape index (κ3) is 7.15. The number of carbonyl (C=O) groups is 1. The second-order valence-electron chi connectivity index (χ2n) is 6.90. The molecule has 0 amide bonds. The Kier molecular flexibility index (Phi) is 6.40. The minimum absolute atomic E-state index is 0.0387. The molecule has 1 aromatic carbocycles. The zero-order valence-electron chi connectivity index (χ0n) is 14.5. The third-order valence-electron chi connectivity index (χ3n) is 3.44. The number of benzene rings is 1. The van der Waals surface area contributed by atoms with Crippen LogP contribution in [0.1, 0.15) is 39.2 Å². The van der Waals surface area contributed by atoms with Crippen molar-refractivity contribution in [3.63, 3.8) is 0 Å². The average molecular weight is 333 g/mol. The van der Waals surface area contributed by atoms with E-state index < -0.39 is 11.6 Å². The van der Waals surface area contributed by atoms with Gasteiger partial charge in [0.05, 0.1) is 19.3 Å². The van der Waals surface area contributed by atoms with E-state index in [9.17, 15) is 9.90 Å². The van der Waals surface area contributed by atoms with E-state index >= 15 is 0 Å². The van der Waals surface area contributed by atoms with Crippen molar-refractivity contribution in [2.24, 2.45) is 0 Å². The van der Waals surface area contributed by atoms with Crippen molar-refractivity contribution in [3.8, 4) is 0 Å². The van der Waals surface area contributed by atoms with Crippen LogP contribution in [0.4, 0.5) is 0 Å². The van der Waals surface area contributed by atoms with E-state index in [0.29, 0.717) is 19.6 Å². The van der Waals surface area contributed by atoms with Crippen LogP contribution >= 0.6 is 0 Å². The van der Waals surface area contributed by atoms with Crippen LogP contribution in [0.3, 0.4) is 0 Å². The van der Waals surface area contributed by atoms with Crippen LogP contribution in [-0.4, -0.2) is 30.4 Å². The van der Waals surface area contributed by atoms with Gasteiger partial charge in [-0.1, -0.05) is 30.3 Å². The van der Waals surface area contributed by atoms with Gasteiger partial charge in [-0.3, -0.25) is 0 Å². The van der Waals surface area contributed by atoms with Crippen LogP contribution in [0.15, 0.2) is 42.2 Å². The molecule has 24 heavy (non-hydrogen) atoms. The van der Waals surface area contributed by atoms with Gasteiger partial charge in [0.2, 0.25) is 0 Å². The first-order chi connectivity index (χ1) is 11.3. The highest BCUT2D eigenvalue weighted by Gasteiger charge is 2.37. The molecule has 2 atom stereocenters. The number of esters is 1. The molecule has 0 spiro atoms. The van der Waals surface area contributed by atoms with Gasteiger partial charge in [-0.2, -0.15) is 0 Å². The van der Waals surface area contributed by atoms with E-state index in [1.54, 1.807) is 20.8 Å². The molecule has 0 aliphatic carbocycles. The fourth-order valence-electron chi connectivity index (χ4n) is 2.27. The van der Waals surface area contributed by atoms with Crippen molar-refractivity contribution in [2.75, 3.05) is 6.61 Å². The number of carbonyl (C=O) groups excluding carboxylic acids is 1. The number of rotatable bonds is 8. The predicted octanol–water partition coefficient (Wildman–Crippen LogP) is 2.34. The Hall–Kier alpha value is -1.85. The van der Waals surface area contributed by atoms with Crippen molar-refractivity contribution in [3.05, 3.63) is 47.7 Å². The fourth-order valence-corrected chi connectivity index (χ4v) is 2.27. The Bertz CT molecular complexity index is 559. The van der Waals surface area contributed by atoms with Gasteiger partial charge in [0.1, 0.15) is 11.7 Å². The van der Waals surface area contributed by atoms with Crippen LogP contribution in [0.5, 0.6) is 0 Å². The molecule has 0 aromatic heterocycles. The second-order valence-corrected chi connectivity index (χ2v) is 6.90. The molecular formula is C19H25O5-. The molecule has 1 aliphatic rings. The Balaban J connectivity index is 1.60. The maximum atomic E-state index is 11.7. The highest BCUT2D eigenvalue weighted by atomic mass is 16.6. The number of hydrogen-bond acceptors (Lipinski definition) is 5. The predicted molar refractivity (Wildman–Crippen MR) is 87.9 cm³/mol. The summed E-state index contributed by atoms with van der Waals surface area (Å²) in [6.45, 7) is 6.37. The summed E-state index contributed by atoms with van der Waals surface area (Å²) in [4.78, 5) is 11.5. The summed E-state index contributed by atoms with van der Waals surface area (Å²) in [5, 5.41) is 11.7. The zero-order valence-corrected chi connectivity index (χ0v) is 14.5. The number of allylic oxidation sites excluding steroid dienone is 1. The topological polar surface area (TPSA) is 71.1 Å². The first-order valence-corrected chi connectivity index (χ1v) is 8.21. The average Bonchev–Trinajstić information content (AvgIpc) is 3.23. The van der Waals surface area contributed by atoms with Crippen molar-refractivity contribution >= 4 is 5.97 Å². The third-order valence-corrected chi connectivity index (χ3v) is 3.44. The second kappa shape index (κ2) is 8.31. The van der Waals surface area contributed by atoms with Crippen molar-refractivity contribution in [1.82, 2.24) is 0 Å². The summed E-state index contributed by atoms with van der Waals surface area (Å²) >= 11 is 0. The molecule has 0 bridgehead atoms. The van der Waals surface area contributed by atoms with Crippen LogP contribution in [0, 0.1) is 0 Å². The minimum atomic E-state index is -0.591. The van der Waals surface area contributed by atoms with Gasteiger partial charge in [0.25, 0.3) is 0 Å². The lowest BCUT2D eigenvalue weighted by Gasteiger charge is -2.19. The highest BCUT2D eigenvalue weighted by Crippen LogP contribution is 2.27. The molecule has 1 fully saturated rings. The Labute approximate surface area is 143 Å². The molecule has 1 heterocycles. The minimum Gasteiger partial charge on any atom is -0.875 e. The van der Waals surface area contributed by atoms with Crippen LogP contribution in [-0.2, 0) is 25.6 Å². The molecule has 1 aliphatic heterocycles. The van der Waals surface area contributed by atoms with E-state index in [2.05, 4.69) is 0 Å². The lowest BCUT2D eigenvalue weighted by molar-refractivity contribution is -0.307. The maximum Gasteiger partial charge on any atom is 0.330 e. The first kappa shape index (κ1) is 18.5. The fraction of sp³-hybridized carbons (Fsp3) is 0.526. The Morgan fingerprint density at radius 2 is 1.96 bits per heavy atom. The summed E-state index contributed by atoms with van der Waals surface area (Å²) in [6.07, 6.45) is 1.98. The standard InChI is InChI=1S/C19H26O5/c1-19(2,3)24-18(21)11-15(20)9-10-16-17(23-16)13-22-12-14-7-5-4-6-8-14/h4-8,11,16-17,20H,9-10,12-13H2,1-3H3/p-1/b15-11-/t16-,17-/m0/s1. The van der Waals surface area contributed by atoms with Gasteiger partial charge >= 0.3 is 5.97 Å². The van der Waals surface area contributed by atoms with Crippen molar-refractivity contribution in [1.29, 1.82) is 0 Å². The lowest BCUT2D eigenvalue weighted by atomic mass is 10.1. The molecule has 5 nitrogen and oxygen atoms in total. The van der Waals surface area contributed by atoms with E-state index in [1.807, 2.05) is 30.3 Å². The molecule has 0 N–H and O–H groups in total. The Morgan fingerprint density at radius 3 is 2.62 bits per heavy atom. The highest BCUT2D eigenvalue weighted by molar-refractivity contribution is 5.82. The molecule has 0 saturated carbocycles. The number of epoxide rings is 1. The maximum absolute atomic E-state index is 11.7.